The van der Waals surface area contributed by atoms with Gasteiger partial charge in [-0.15, -0.1) is 0 Å². The van der Waals surface area contributed by atoms with E-state index in [0.29, 0.717) is 43.1 Å². The van der Waals surface area contributed by atoms with Crippen LogP contribution in [0.3, 0.4) is 0 Å². The van der Waals surface area contributed by atoms with Crippen molar-refractivity contribution in [3.63, 3.8) is 0 Å². The summed E-state index contributed by atoms with van der Waals surface area (Å²) >= 11 is 0. The summed E-state index contributed by atoms with van der Waals surface area (Å²) in [6.45, 7) is 11.7. The maximum atomic E-state index is 12.6. The molecule has 0 aromatic heterocycles. The molecular formula is C21H37NO3. The Morgan fingerprint density at radius 2 is 1.44 bits per heavy atom. The van der Waals surface area contributed by atoms with Gasteiger partial charge in [-0.1, -0.05) is 34.6 Å². The number of hydrogen-bond acceptors (Lipinski definition) is 2. The van der Waals surface area contributed by atoms with Gasteiger partial charge in [0.2, 0.25) is 5.91 Å². The number of carbonyl (C=O) groups excluding carboxylic acids is 1. The molecule has 2 fully saturated rings. The molecule has 0 atom stereocenters. The Labute approximate surface area is 153 Å². The van der Waals surface area contributed by atoms with Crippen LogP contribution in [-0.2, 0) is 9.59 Å². The Balaban J connectivity index is 1.86. The third-order valence-corrected chi connectivity index (χ3v) is 7.27. The highest BCUT2D eigenvalue weighted by Crippen LogP contribution is 2.54. The molecular weight excluding hydrogens is 314 g/mol. The molecule has 0 aliphatic heterocycles. The molecule has 144 valence electrons. The second-order valence-corrected chi connectivity index (χ2v) is 9.73. The number of nitrogens with one attached hydrogen (secondary N) is 1. The lowest BCUT2D eigenvalue weighted by molar-refractivity contribution is -0.144. The standard InChI is InChI=1S/C21H37NO3/c1-14(2)21(20(3,4)5)12-10-17(11-13-21)22-18(23)15-6-8-16(9-7-15)19(24)25/h14-17H,6-13H2,1-5H3,(H,22,23)(H,24,25). The summed E-state index contributed by atoms with van der Waals surface area (Å²) in [5, 5.41) is 12.4. The van der Waals surface area contributed by atoms with E-state index in [1.54, 1.807) is 0 Å². The zero-order valence-corrected chi connectivity index (χ0v) is 16.7. The second kappa shape index (κ2) is 7.67. The molecule has 0 radical (unpaired) electrons. The zero-order valence-electron chi connectivity index (χ0n) is 16.7. The summed E-state index contributed by atoms with van der Waals surface area (Å²) in [7, 11) is 0. The van der Waals surface area contributed by atoms with Crippen molar-refractivity contribution in [1.82, 2.24) is 5.32 Å². The van der Waals surface area contributed by atoms with E-state index in [2.05, 4.69) is 39.9 Å². The monoisotopic (exact) mass is 351 g/mol. The number of aliphatic carboxylic acids is 1. The van der Waals surface area contributed by atoms with E-state index in [4.69, 9.17) is 5.11 Å². The molecule has 0 aromatic carbocycles. The summed E-state index contributed by atoms with van der Waals surface area (Å²) in [6, 6.07) is 0.291. The molecule has 0 unspecified atom stereocenters. The second-order valence-electron chi connectivity index (χ2n) is 9.73. The Kier molecular flexibility index (Phi) is 6.22. The molecule has 2 saturated carbocycles. The van der Waals surface area contributed by atoms with Crippen LogP contribution in [0.15, 0.2) is 0 Å². The van der Waals surface area contributed by atoms with Gasteiger partial charge < -0.3 is 10.4 Å². The largest absolute Gasteiger partial charge is 0.481 e. The highest BCUT2D eigenvalue weighted by Gasteiger charge is 2.46. The Bertz CT molecular complexity index is 476. The average Bonchev–Trinajstić information content (AvgIpc) is 2.54. The van der Waals surface area contributed by atoms with Crippen LogP contribution in [0.2, 0.25) is 0 Å². The molecule has 0 bridgehead atoms. The molecule has 4 heteroatoms. The van der Waals surface area contributed by atoms with Crippen LogP contribution in [0.25, 0.3) is 0 Å². The van der Waals surface area contributed by atoms with Gasteiger partial charge in [0.1, 0.15) is 0 Å². The van der Waals surface area contributed by atoms with Crippen molar-refractivity contribution in [2.45, 2.75) is 92.0 Å². The number of carboxylic acid groups (broad SMARTS) is 1. The number of carboxylic acids is 1. The molecule has 4 nitrogen and oxygen atoms in total. The number of carbonyl (C=O) groups is 2. The minimum Gasteiger partial charge on any atom is -0.481 e. The van der Waals surface area contributed by atoms with Crippen LogP contribution in [0.5, 0.6) is 0 Å². The topological polar surface area (TPSA) is 66.4 Å². The number of rotatable bonds is 4. The van der Waals surface area contributed by atoms with E-state index in [1.807, 2.05) is 0 Å². The Morgan fingerprint density at radius 3 is 1.84 bits per heavy atom. The van der Waals surface area contributed by atoms with Gasteiger partial charge in [0.05, 0.1) is 5.92 Å². The first-order valence-electron chi connectivity index (χ1n) is 10.1. The van der Waals surface area contributed by atoms with Gasteiger partial charge in [0.15, 0.2) is 0 Å². The fourth-order valence-electron chi connectivity index (χ4n) is 5.39. The summed E-state index contributed by atoms with van der Waals surface area (Å²) < 4.78 is 0. The van der Waals surface area contributed by atoms with Crippen molar-refractivity contribution in [2.75, 3.05) is 0 Å². The van der Waals surface area contributed by atoms with Crippen LogP contribution in [0.1, 0.15) is 86.0 Å². The van der Waals surface area contributed by atoms with Crippen molar-refractivity contribution >= 4 is 11.9 Å². The molecule has 2 N–H and O–H groups in total. The van der Waals surface area contributed by atoms with Gasteiger partial charge in [0, 0.05) is 12.0 Å². The van der Waals surface area contributed by atoms with Crippen molar-refractivity contribution in [1.29, 1.82) is 0 Å². The molecule has 2 aliphatic rings. The van der Waals surface area contributed by atoms with Gasteiger partial charge in [-0.2, -0.15) is 0 Å². The van der Waals surface area contributed by atoms with E-state index in [-0.39, 0.29) is 23.2 Å². The van der Waals surface area contributed by atoms with E-state index in [1.165, 1.54) is 12.8 Å². The predicted octanol–water partition coefficient (Wildman–Crippen LogP) is 4.62. The lowest BCUT2D eigenvalue weighted by Gasteiger charge is -2.52. The summed E-state index contributed by atoms with van der Waals surface area (Å²) in [6.07, 6.45) is 7.17. The van der Waals surface area contributed by atoms with Crippen molar-refractivity contribution < 1.29 is 14.7 Å². The van der Waals surface area contributed by atoms with E-state index in [9.17, 15) is 9.59 Å². The van der Waals surface area contributed by atoms with Gasteiger partial charge in [0.25, 0.3) is 0 Å². The summed E-state index contributed by atoms with van der Waals surface area (Å²) in [5.74, 6) is -0.150. The van der Waals surface area contributed by atoms with Crippen LogP contribution < -0.4 is 5.32 Å². The molecule has 1 amide bonds. The Hall–Kier alpha value is -1.06. The Morgan fingerprint density at radius 1 is 0.960 bits per heavy atom. The molecule has 0 saturated heterocycles. The van der Waals surface area contributed by atoms with Crippen molar-refractivity contribution in [2.24, 2.45) is 28.6 Å². The first kappa shape index (κ1) is 20.3. The lowest BCUT2D eigenvalue weighted by atomic mass is 9.54. The third-order valence-electron chi connectivity index (χ3n) is 7.27. The summed E-state index contributed by atoms with van der Waals surface area (Å²) in [5.41, 5.74) is 0.638. The first-order valence-corrected chi connectivity index (χ1v) is 10.1. The SMILES string of the molecule is CC(C)C1(C(C)(C)C)CCC(NC(=O)C2CCC(C(=O)O)CC2)CC1. The molecule has 0 spiro atoms. The molecule has 0 aromatic rings. The fourth-order valence-corrected chi connectivity index (χ4v) is 5.39. The fraction of sp³-hybridized carbons (Fsp3) is 0.905. The maximum absolute atomic E-state index is 12.6. The lowest BCUT2D eigenvalue weighted by Crippen LogP contribution is -2.49. The number of hydrogen-bond donors (Lipinski definition) is 2. The van der Waals surface area contributed by atoms with Gasteiger partial charge >= 0.3 is 5.97 Å². The van der Waals surface area contributed by atoms with Crippen molar-refractivity contribution in [3.05, 3.63) is 0 Å². The number of amides is 1. The quantitative estimate of drug-likeness (QED) is 0.776. The summed E-state index contributed by atoms with van der Waals surface area (Å²) in [4.78, 5) is 23.6. The van der Waals surface area contributed by atoms with Crippen LogP contribution in [-0.4, -0.2) is 23.0 Å². The molecule has 0 heterocycles. The van der Waals surface area contributed by atoms with E-state index < -0.39 is 5.97 Å². The maximum Gasteiger partial charge on any atom is 0.306 e. The highest BCUT2D eigenvalue weighted by molar-refractivity contribution is 5.79. The first-order chi connectivity index (χ1) is 11.6. The zero-order chi connectivity index (χ0) is 18.8. The predicted molar refractivity (Wildman–Crippen MR) is 100 cm³/mol. The minimum atomic E-state index is -0.710. The van der Waals surface area contributed by atoms with Crippen molar-refractivity contribution in [3.8, 4) is 0 Å². The third kappa shape index (κ3) is 4.38. The molecule has 2 aliphatic carbocycles. The van der Waals surface area contributed by atoms with Crippen LogP contribution in [0, 0.1) is 28.6 Å². The van der Waals surface area contributed by atoms with Gasteiger partial charge in [-0.05, 0) is 68.1 Å². The average molecular weight is 352 g/mol. The van der Waals surface area contributed by atoms with Gasteiger partial charge in [-0.25, -0.2) is 0 Å². The van der Waals surface area contributed by atoms with Gasteiger partial charge in [-0.3, -0.25) is 9.59 Å². The normalized spacial score (nSPS) is 33.9. The molecule has 25 heavy (non-hydrogen) atoms. The molecule has 2 rings (SSSR count). The van der Waals surface area contributed by atoms with Crippen LogP contribution >= 0.6 is 0 Å². The van der Waals surface area contributed by atoms with E-state index >= 15 is 0 Å². The van der Waals surface area contributed by atoms with Crippen LogP contribution in [0.4, 0.5) is 0 Å². The smallest absolute Gasteiger partial charge is 0.306 e. The van der Waals surface area contributed by atoms with E-state index in [0.717, 1.165) is 12.8 Å². The highest BCUT2D eigenvalue weighted by atomic mass is 16.4. The minimum absolute atomic E-state index is 0.00926.